The van der Waals surface area contributed by atoms with Crippen LogP contribution in [0.4, 0.5) is 0 Å². The Balaban J connectivity index is 3.07. The van der Waals surface area contributed by atoms with Crippen molar-refractivity contribution in [3.8, 4) is 0 Å². The SMILES string of the molecule is CCCCCCCCCC/C=C\CCCCCCCC(=O)Cl. The molecule has 22 heavy (non-hydrogen) atoms. The van der Waals surface area contributed by atoms with E-state index < -0.39 is 0 Å². The van der Waals surface area contributed by atoms with Crippen molar-refractivity contribution in [2.24, 2.45) is 0 Å². The average Bonchev–Trinajstić information content (AvgIpc) is 2.50. The van der Waals surface area contributed by atoms with Gasteiger partial charge in [-0.25, -0.2) is 0 Å². The number of hydrogen-bond acceptors (Lipinski definition) is 1. The molecule has 130 valence electrons. The Hall–Kier alpha value is -0.300. The highest BCUT2D eigenvalue weighted by molar-refractivity contribution is 6.63. The van der Waals surface area contributed by atoms with Crippen LogP contribution in [0.3, 0.4) is 0 Å². The summed E-state index contributed by atoms with van der Waals surface area (Å²) in [5.74, 6) is 0. The Bertz CT molecular complexity index is 260. The molecule has 2 heteroatoms. The van der Waals surface area contributed by atoms with Crippen molar-refractivity contribution in [1.29, 1.82) is 0 Å². The van der Waals surface area contributed by atoms with Crippen LogP contribution in [0.1, 0.15) is 110 Å². The third-order valence-corrected chi connectivity index (χ3v) is 4.32. The van der Waals surface area contributed by atoms with Crippen LogP contribution in [0.25, 0.3) is 0 Å². The molecule has 0 spiro atoms. The van der Waals surface area contributed by atoms with Gasteiger partial charge in [-0.05, 0) is 43.7 Å². The van der Waals surface area contributed by atoms with Crippen molar-refractivity contribution in [3.63, 3.8) is 0 Å². The lowest BCUT2D eigenvalue weighted by Gasteiger charge is -2.00. The molecule has 0 aliphatic heterocycles. The number of hydrogen-bond donors (Lipinski definition) is 0. The molecule has 0 saturated heterocycles. The van der Waals surface area contributed by atoms with Gasteiger partial charge in [0.2, 0.25) is 5.24 Å². The molecule has 0 radical (unpaired) electrons. The van der Waals surface area contributed by atoms with Gasteiger partial charge in [0, 0.05) is 6.42 Å². The van der Waals surface area contributed by atoms with E-state index in [1.165, 1.54) is 83.5 Å². The van der Waals surface area contributed by atoms with E-state index in [1.807, 2.05) is 0 Å². The summed E-state index contributed by atoms with van der Waals surface area (Å²) in [5, 5.41) is -0.191. The van der Waals surface area contributed by atoms with Crippen molar-refractivity contribution in [3.05, 3.63) is 12.2 Å². The van der Waals surface area contributed by atoms with Gasteiger partial charge in [-0.2, -0.15) is 0 Å². The molecule has 0 rings (SSSR count). The molecule has 0 aromatic carbocycles. The minimum atomic E-state index is -0.191. The lowest BCUT2D eigenvalue weighted by atomic mass is 10.1. The Labute approximate surface area is 143 Å². The molecule has 0 aliphatic carbocycles. The van der Waals surface area contributed by atoms with E-state index in [1.54, 1.807) is 0 Å². The van der Waals surface area contributed by atoms with Crippen molar-refractivity contribution in [2.45, 2.75) is 110 Å². The second kappa shape index (κ2) is 18.7. The summed E-state index contributed by atoms with van der Waals surface area (Å²) in [6.07, 6.45) is 24.8. The van der Waals surface area contributed by atoms with Crippen LogP contribution in [0.2, 0.25) is 0 Å². The van der Waals surface area contributed by atoms with Crippen LogP contribution < -0.4 is 0 Å². The monoisotopic (exact) mass is 328 g/mol. The van der Waals surface area contributed by atoms with E-state index in [4.69, 9.17) is 11.6 Å². The summed E-state index contributed by atoms with van der Waals surface area (Å²) in [4.78, 5) is 10.6. The third-order valence-electron chi connectivity index (χ3n) is 4.14. The third kappa shape index (κ3) is 19.7. The van der Waals surface area contributed by atoms with E-state index in [2.05, 4.69) is 19.1 Å². The summed E-state index contributed by atoms with van der Waals surface area (Å²) in [6, 6.07) is 0. The zero-order valence-corrected chi connectivity index (χ0v) is 15.5. The van der Waals surface area contributed by atoms with Gasteiger partial charge in [0.25, 0.3) is 0 Å². The summed E-state index contributed by atoms with van der Waals surface area (Å²) in [5.41, 5.74) is 0. The van der Waals surface area contributed by atoms with Crippen molar-refractivity contribution >= 4 is 16.8 Å². The first-order valence-electron chi connectivity index (χ1n) is 9.60. The summed E-state index contributed by atoms with van der Waals surface area (Å²) >= 11 is 5.30. The first-order chi connectivity index (χ1) is 10.8. The quantitative estimate of drug-likeness (QED) is 0.153. The van der Waals surface area contributed by atoms with E-state index >= 15 is 0 Å². The maximum atomic E-state index is 10.6. The van der Waals surface area contributed by atoms with Crippen LogP contribution >= 0.6 is 11.6 Å². The lowest BCUT2D eigenvalue weighted by molar-refractivity contribution is -0.111. The molecule has 0 bridgehead atoms. The fraction of sp³-hybridized carbons (Fsp3) is 0.850. The summed E-state index contributed by atoms with van der Waals surface area (Å²) in [6.45, 7) is 2.27. The number of carbonyl (C=O) groups excluding carboxylic acids is 1. The number of unbranched alkanes of at least 4 members (excludes halogenated alkanes) is 13. The molecule has 0 N–H and O–H groups in total. The molecule has 0 fully saturated rings. The van der Waals surface area contributed by atoms with Gasteiger partial charge in [0.05, 0.1) is 0 Å². The lowest BCUT2D eigenvalue weighted by Crippen LogP contribution is -1.86. The minimum absolute atomic E-state index is 0.191. The number of halogens is 1. The highest BCUT2D eigenvalue weighted by atomic mass is 35.5. The van der Waals surface area contributed by atoms with Gasteiger partial charge >= 0.3 is 0 Å². The predicted octanol–water partition coefficient (Wildman–Crippen LogP) is 7.57. The van der Waals surface area contributed by atoms with Gasteiger partial charge in [0.15, 0.2) is 0 Å². The second-order valence-corrected chi connectivity index (χ2v) is 6.82. The molecule has 0 heterocycles. The zero-order chi connectivity index (χ0) is 16.3. The number of carbonyl (C=O) groups is 1. The van der Waals surface area contributed by atoms with Gasteiger partial charge in [-0.1, -0.05) is 83.3 Å². The topological polar surface area (TPSA) is 17.1 Å². The molecule has 0 amide bonds. The number of allylic oxidation sites excluding steroid dienone is 2. The van der Waals surface area contributed by atoms with Crippen LogP contribution in [0.5, 0.6) is 0 Å². The van der Waals surface area contributed by atoms with Crippen molar-refractivity contribution in [1.82, 2.24) is 0 Å². The molecule has 0 aliphatic rings. The van der Waals surface area contributed by atoms with Crippen LogP contribution in [0.15, 0.2) is 12.2 Å². The molecule has 1 nitrogen and oxygen atoms in total. The Morgan fingerprint density at radius 1 is 0.682 bits per heavy atom. The van der Waals surface area contributed by atoms with Crippen LogP contribution in [-0.2, 0) is 4.79 Å². The molecule has 0 atom stereocenters. The first-order valence-corrected chi connectivity index (χ1v) is 9.98. The normalized spacial score (nSPS) is 11.4. The fourth-order valence-electron chi connectivity index (χ4n) is 2.69. The molecular formula is C20H37ClO. The predicted molar refractivity (Wildman–Crippen MR) is 99.5 cm³/mol. The fourth-order valence-corrected chi connectivity index (χ4v) is 2.82. The van der Waals surface area contributed by atoms with Crippen LogP contribution in [-0.4, -0.2) is 5.24 Å². The minimum Gasteiger partial charge on any atom is -0.281 e. The molecular weight excluding hydrogens is 292 g/mol. The molecule has 0 saturated carbocycles. The van der Waals surface area contributed by atoms with E-state index in [0.717, 1.165) is 12.8 Å². The largest absolute Gasteiger partial charge is 0.281 e. The van der Waals surface area contributed by atoms with Crippen molar-refractivity contribution in [2.75, 3.05) is 0 Å². The zero-order valence-electron chi connectivity index (χ0n) is 14.8. The first kappa shape index (κ1) is 21.7. The van der Waals surface area contributed by atoms with Crippen LogP contribution in [0, 0.1) is 0 Å². The summed E-state index contributed by atoms with van der Waals surface area (Å²) in [7, 11) is 0. The van der Waals surface area contributed by atoms with Gasteiger partial charge in [-0.15, -0.1) is 0 Å². The average molecular weight is 329 g/mol. The smallest absolute Gasteiger partial charge is 0.221 e. The maximum absolute atomic E-state index is 10.6. The van der Waals surface area contributed by atoms with E-state index in [-0.39, 0.29) is 5.24 Å². The summed E-state index contributed by atoms with van der Waals surface area (Å²) < 4.78 is 0. The van der Waals surface area contributed by atoms with Gasteiger partial charge in [-0.3, -0.25) is 4.79 Å². The van der Waals surface area contributed by atoms with E-state index in [0.29, 0.717) is 6.42 Å². The highest BCUT2D eigenvalue weighted by Crippen LogP contribution is 2.11. The van der Waals surface area contributed by atoms with E-state index in [9.17, 15) is 4.79 Å². The van der Waals surface area contributed by atoms with Gasteiger partial charge < -0.3 is 0 Å². The maximum Gasteiger partial charge on any atom is 0.221 e. The van der Waals surface area contributed by atoms with Gasteiger partial charge in [0.1, 0.15) is 0 Å². The Morgan fingerprint density at radius 2 is 1.09 bits per heavy atom. The Kier molecular flexibility index (Phi) is 18.5. The Morgan fingerprint density at radius 3 is 1.55 bits per heavy atom. The number of rotatable bonds is 17. The molecule has 0 aromatic rings. The molecule has 0 aromatic heterocycles. The molecule has 0 unspecified atom stereocenters. The highest BCUT2D eigenvalue weighted by Gasteiger charge is 1.95. The second-order valence-electron chi connectivity index (χ2n) is 6.40. The van der Waals surface area contributed by atoms with Crippen molar-refractivity contribution < 1.29 is 4.79 Å². The standard InChI is InChI=1S/C20H37ClO/c1-2-3-4-5-6-7-8-9-10-11-12-13-14-15-16-17-18-19-20(21)22/h11-12H,2-10,13-19H2,1H3/b12-11-.